The summed E-state index contributed by atoms with van der Waals surface area (Å²) in [5, 5.41) is 3.53. The number of nitrogens with one attached hydrogen (secondary N) is 1. The quantitative estimate of drug-likeness (QED) is 0.872. The zero-order chi connectivity index (χ0) is 9.10. The maximum Gasteiger partial charge on any atom is 0.0359 e. The van der Waals surface area contributed by atoms with E-state index in [0.717, 1.165) is 4.47 Å². The van der Waals surface area contributed by atoms with Crippen LogP contribution in [-0.2, 0) is 0 Å². The molecule has 0 spiro atoms. The Hall–Kier alpha value is -0.150. The van der Waals surface area contributed by atoms with Crippen LogP contribution >= 0.6 is 27.7 Å². The molecule has 1 atom stereocenters. The van der Waals surface area contributed by atoms with Gasteiger partial charge in [-0.15, -0.1) is 0 Å². The topological polar surface area (TPSA) is 12.0 Å². The molecule has 3 heteroatoms. The second kappa shape index (κ2) is 4.38. The van der Waals surface area contributed by atoms with Crippen molar-refractivity contribution in [2.75, 3.05) is 16.8 Å². The minimum absolute atomic E-state index is 0.666. The largest absolute Gasteiger partial charge is 0.381 e. The number of benzene rings is 1. The van der Waals surface area contributed by atoms with Crippen LogP contribution in [0, 0.1) is 0 Å². The van der Waals surface area contributed by atoms with Crippen LogP contribution in [0.3, 0.4) is 0 Å². The molecule has 1 aliphatic heterocycles. The number of thioether (sulfide) groups is 1. The minimum Gasteiger partial charge on any atom is -0.381 e. The summed E-state index contributed by atoms with van der Waals surface area (Å²) < 4.78 is 1.14. The molecule has 1 N–H and O–H groups in total. The molecule has 0 saturated carbocycles. The lowest BCUT2D eigenvalue weighted by Gasteiger charge is -2.12. The van der Waals surface area contributed by atoms with E-state index in [2.05, 4.69) is 45.5 Å². The lowest BCUT2D eigenvalue weighted by molar-refractivity contribution is 0.813. The van der Waals surface area contributed by atoms with Gasteiger partial charge < -0.3 is 5.32 Å². The van der Waals surface area contributed by atoms with E-state index in [4.69, 9.17) is 0 Å². The second-order valence-corrected chi connectivity index (χ2v) is 5.28. The third kappa shape index (κ3) is 2.64. The molecule has 0 aliphatic carbocycles. The standard InChI is InChI=1S/C10H12BrNS/c11-8-2-1-3-9(6-8)12-10-4-5-13-7-10/h1-3,6,10,12H,4-5,7H2/t10-/m1/s1. The van der Waals surface area contributed by atoms with Gasteiger partial charge in [0.25, 0.3) is 0 Å². The Kier molecular flexibility index (Phi) is 3.17. The molecule has 1 heterocycles. The van der Waals surface area contributed by atoms with Gasteiger partial charge in [0.2, 0.25) is 0 Å². The van der Waals surface area contributed by atoms with Crippen molar-refractivity contribution in [1.82, 2.24) is 0 Å². The van der Waals surface area contributed by atoms with Gasteiger partial charge in [0.15, 0.2) is 0 Å². The first kappa shape index (κ1) is 9.41. The summed E-state index contributed by atoms with van der Waals surface area (Å²) in [7, 11) is 0. The Bertz CT molecular complexity index is 284. The lowest BCUT2D eigenvalue weighted by atomic mass is 10.2. The van der Waals surface area contributed by atoms with Crippen molar-refractivity contribution >= 4 is 33.4 Å². The summed E-state index contributed by atoms with van der Waals surface area (Å²) in [6, 6.07) is 9.03. The number of rotatable bonds is 2. The third-order valence-corrected chi connectivity index (χ3v) is 3.78. The highest BCUT2D eigenvalue weighted by Gasteiger charge is 2.14. The van der Waals surface area contributed by atoms with Gasteiger partial charge in [-0.05, 0) is 30.4 Å². The van der Waals surface area contributed by atoms with E-state index in [1.807, 2.05) is 11.8 Å². The maximum absolute atomic E-state index is 3.53. The average Bonchev–Trinajstić information content (AvgIpc) is 2.57. The van der Waals surface area contributed by atoms with E-state index in [9.17, 15) is 0 Å². The molecule has 1 aromatic rings. The molecular weight excluding hydrogens is 246 g/mol. The smallest absolute Gasteiger partial charge is 0.0359 e. The fourth-order valence-corrected chi connectivity index (χ4v) is 3.01. The molecule has 2 rings (SSSR count). The molecule has 70 valence electrons. The highest BCUT2D eigenvalue weighted by atomic mass is 79.9. The van der Waals surface area contributed by atoms with Crippen LogP contribution in [0.1, 0.15) is 6.42 Å². The first-order chi connectivity index (χ1) is 6.34. The number of halogens is 1. The van der Waals surface area contributed by atoms with Gasteiger partial charge in [0.05, 0.1) is 0 Å². The second-order valence-electron chi connectivity index (χ2n) is 3.22. The van der Waals surface area contributed by atoms with Crippen molar-refractivity contribution in [3.05, 3.63) is 28.7 Å². The van der Waals surface area contributed by atoms with Gasteiger partial charge >= 0.3 is 0 Å². The summed E-state index contributed by atoms with van der Waals surface area (Å²) in [4.78, 5) is 0. The first-order valence-electron chi connectivity index (χ1n) is 4.44. The first-order valence-corrected chi connectivity index (χ1v) is 6.39. The molecule has 1 aliphatic rings. The summed E-state index contributed by atoms with van der Waals surface area (Å²) >= 11 is 5.50. The Morgan fingerprint density at radius 1 is 1.46 bits per heavy atom. The van der Waals surface area contributed by atoms with Crippen LogP contribution in [0.15, 0.2) is 28.7 Å². The summed E-state index contributed by atoms with van der Waals surface area (Å²) in [5.41, 5.74) is 1.22. The molecule has 0 amide bonds. The van der Waals surface area contributed by atoms with Gasteiger partial charge in [0, 0.05) is 22.0 Å². The molecular formula is C10H12BrNS. The predicted octanol–water partition coefficient (Wildman–Crippen LogP) is 3.37. The molecule has 13 heavy (non-hydrogen) atoms. The van der Waals surface area contributed by atoms with Gasteiger partial charge in [-0.2, -0.15) is 11.8 Å². The predicted molar refractivity (Wildman–Crippen MR) is 63.5 cm³/mol. The van der Waals surface area contributed by atoms with Crippen molar-refractivity contribution in [1.29, 1.82) is 0 Å². The third-order valence-electron chi connectivity index (χ3n) is 2.13. The van der Waals surface area contributed by atoms with Gasteiger partial charge in [-0.3, -0.25) is 0 Å². The summed E-state index contributed by atoms with van der Waals surface area (Å²) in [6.07, 6.45) is 1.29. The number of hydrogen-bond acceptors (Lipinski definition) is 2. The molecule has 1 nitrogen and oxygen atoms in total. The van der Waals surface area contributed by atoms with E-state index in [1.54, 1.807) is 0 Å². The molecule has 1 fully saturated rings. The van der Waals surface area contributed by atoms with E-state index in [1.165, 1.54) is 23.6 Å². The van der Waals surface area contributed by atoms with Crippen LogP contribution in [0.25, 0.3) is 0 Å². The van der Waals surface area contributed by atoms with Crippen molar-refractivity contribution in [3.63, 3.8) is 0 Å². The average molecular weight is 258 g/mol. The van der Waals surface area contributed by atoms with Crippen LogP contribution < -0.4 is 5.32 Å². The van der Waals surface area contributed by atoms with Crippen molar-refractivity contribution < 1.29 is 0 Å². The molecule has 1 saturated heterocycles. The van der Waals surface area contributed by atoms with Crippen LogP contribution in [-0.4, -0.2) is 17.5 Å². The Morgan fingerprint density at radius 3 is 3.08 bits per heavy atom. The monoisotopic (exact) mass is 257 g/mol. The van der Waals surface area contributed by atoms with Crippen LogP contribution in [0.5, 0.6) is 0 Å². The summed E-state index contributed by atoms with van der Waals surface area (Å²) in [5.74, 6) is 2.54. The Morgan fingerprint density at radius 2 is 2.38 bits per heavy atom. The zero-order valence-corrected chi connectivity index (χ0v) is 9.70. The number of hydrogen-bond donors (Lipinski definition) is 1. The van der Waals surface area contributed by atoms with Gasteiger partial charge in [-0.1, -0.05) is 22.0 Å². The van der Waals surface area contributed by atoms with Crippen LogP contribution in [0.2, 0.25) is 0 Å². The fourth-order valence-electron chi connectivity index (χ4n) is 1.46. The molecule has 1 aromatic carbocycles. The highest BCUT2D eigenvalue weighted by molar-refractivity contribution is 9.10. The molecule has 0 radical (unpaired) electrons. The highest BCUT2D eigenvalue weighted by Crippen LogP contribution is 2.22. The van der Waals surface area contributed by atoms with Crippen molar-refractivity contribution in [3.8, 4) is 0 Å². The van der Waals surface area contributed by atoms with E-state index in [-0.39, 0.29) is 0 Å². The molecule has 0 aromatic heterocycles. The lowest BCUT2D eigenvalue weighted by Crippen LogP contribution is -2.17. The zero-order valence-electron chi connectivity index (χ0n) is 7.29. The SMILES string of the molecule is Brc1cccc(N[C@@H]2CCSC2)c1. The molecule has 0 unspecified atom stereocenters. The normalized spacial score (nSPS) is 21.8. The Balaban J connectivity index is 2.00. The van der Waals surface area contributed by atoms with Gasteiger partial charge in [-0.25, -0.2) is 0 Å². The van der Waals surface area contributed by atoms with E-state index < -0.39 is 0 Å². The maximum atomic E-state index is 3.53. The van der Waals surface area contributed by atoms with Crippen molar-refractivity contribution in [2.45, 2.75) is 12.5 Å². The molecule has 0 bridgehead atoms. The van der Waals surface area contributed by atoms with Crippen LogP contribution in [0.4, 0.5) is 5.69 Å². The van der Waals surface area contributed by atoms with Gasteiger partial charge in [0.1, 0.15) is 0 Å². The van der Waals surface area contributed by atoms with E-state index in [0.29, 0.717) is 6.04 Å². The minimum atomic E-state index is 0.666. The fraction of sp³-hybridized carbons (Fsp3) is 0.400. The number of anilines is 1. The Labute approximate surface area is 91.4 Å². The van der Waals surface area contributed by atoms with Crippen molar-refractivity contribution in [2.24, 2.45) is 0 Å². The van der Waals surface area contributed by atoms with E-state index >= 15 is 0 Å². The summed E-state index contributed by atoms with van der Waals surface area (Å²) in [6.45, 7) is 0.